The fourth-order valence-electron chi connectivity index (χ4n) is 1.95. The van der Waals surface area contributed by atoms with Crippen LogP contribution in [-0.2, 0) is 6.42 Å². The maximum Gasteiger partial charge on any atom is 0.269 e. The highest BCUT2D eigenvalue weighted by atomic mass is 35.5. The molecule has 0 saturated heterocycles. The third-order valence-electron chi connectivity index (χ3n) is 3.06. The van der Waals surface area contributed by atoms with Crippen LogP contribution in [0, 0.1) is 17.0 Å². The molecule has 104 valence electrons. The SMILES string of the molecule is Cc1cc([N+](=O)[O-])ccc1NCCc1ccc(Cl)cc1. The molecular weight excluding hydrogens is 276 g/mol. The van der Waals surface area contributed by atoms with Gasteiger partial charge < -0.3 is 5.32 Å². The number of halogens is 1. The molecule has 0 aliphatic rings. The zero-order valence-electron chi connectivity index (χ0n) is 11.1. The normalized spacial score (nSPS) is 10.3. The van der Waals surface area contributed by atoms with Gasteiger partial charge in [-0.2, -0.15) is 0 Å². The molecule has 0 fully saturated rings. The number of nitro benzene ring substituents is 1. The molecule has 0 aliphatic carbocycles. The van der Waals surface area contributed by atoms with Crippen molar-refractivity contribution in [3.8, 4) is 0 Å². The smallest absolute Gasteiger partial charge is 0.269 e. The predicted octanol–water partition coefficient (Wildman–Crippen LogP) is 4.21. The zero-order chi connectivity index (χ0) is 14.5. The first kappa shape index (κ1) is 14.3. The highest BCUT2D eigenvalue weighted by molar-refractivity contribution is 6.30. The first-order chi connectivity index (χ1) is 9.56. The molecule has 2 aromatic rings. The standard InChI is InChI=1S/C15H15ClN2O2/c1-11-10-14(18(19)20)6-7-15(11)17-9-8-12-2-4-13(16)5-3-12/h2-7,10,17H,8-9H2,1H3. The molecule has 0 atom stereocenters. The number of nitrogens with zero attached hydrogens (tertiary/aromatic N) is 1. The molecule has 1 N–H and O–H groups in total. The average molecular weight is 291 g/mol. The van der Waals surface area contributed by atoms with Crippen LogP contribution in [0.4, 0.5) is 11.4 Å². The molecule has 20 heavy (non-hydrogen) atoms. The molecule has 0 aromatic heterocycles. The van der Waals surface area contributed by atoms with Crippen molar-refractivity contribution in [3.05, 3.63) is 68.7 Å². The predicted molar refractivity (Wildman–Crippen MR) is 81.5 cm³/mol. The first-order valence-electron chi connectivity index (χ1n) is 6.29. The van der Waals surface area contributed by atoms with Gasteiger partial charge in [-0.15, -0.1) is 0 Å². The van der Waals surface area contributed by atoms with E-state index in [1.54, 1.807) is 12.1 Å². The Labute approximate surface area is 122 Å². The number of anilines is 1. The minimum absolute atomic E-state index is 0.116. The lowest BCUT2D eigenvalue weighted by atomic mass is 10.1. The quantitative estimate of drug-likeness (QED) is 0.663. The van der Waals surface area contributed by atoms with Crippen LogP contribution in [0.3, 0.4) is 0 Å². The van der Waals surface area contributed by atoms with Crippen LogP contribution in [0.1, 0.15) is 11.1 Å². The number of non-ortho nitro benzene ring substituents is 1. The van der Waals surface area contributed by atoms with Gasteiger partial charge in [0.15, 0.2) is 0 Å². The summed E-state index contributed by atoms with van der Waals surface area (Å²) in [6.45, 7) is 2.62. The Morgan fingerprint density at radius 2 is 1.90 bits per heavy atom. The lowest BCUT2D eigenvalue weighted by Gasteiger charge is -2.09. The highest BCUT2D eigenvalue weighted by Crippen LogP contribution is 2.21. The molecule has 0 spiro atoms. The highest BCUT2D eigenvalue weighted by Gasteiger charge is 2.07. The van der Waals surface area contributed by atoms with Crippen molar-refractivity contribution in [3.63, 3.8) is 0 Å². The Morgan fingerprint density at radius 1 is 1.20 bits per heavy atom. The summed E-state index contributed by atoms with van der Waals surface area (Å²) in [7, 11) is 0. The van der Waals surface area contributed by atoms with Crippen molar-refractivity contribution in [2.24, 2.45) is 0 Å². The Bertz CT molecular complexity index is 612. The van der Waals surface area contributed by atoms with Crippen LogP contribution >= 0.6 is 11.6 Å². The third kappa shape index (κ3) is 3.71. The van der Waals surface area contributed by atoms with Crippen molar-refractivity contribution >= 4 is 23.0 Å². The summed E-state index contributed by atoms with van der Waals surface area (Å²) in [6, 6.07) is 12.6. The summed E-state index contributed by atoms with van der Waals surface area (Å²) >= 11 is 5.83. The lowest BCUT2D eigenvalue weighted by molar-refractivity contribution is -0.384. The molecule has 2 rings (SSSR count). The molecule has 0 amide bonds. The van der Waals surface area contributed by atoms with E-state index in [1.807, 2.05) is 31.2 Å². The van der Waals surface area contributed by atoms with E-state index in [1.165, 1.54) is 11.6 Å². The van der Waals surface area contributed by atoms with Crippen LogP contribution in [-0.4, -0.2) is 11.5 Å². The van der Waals surface area contributed by atoms with Crippen molar-refractivity contribution < 1.29 is 4.92 Å². The number of nitro groups is 1. The summed E-state index contributed by atoms with van der Waals surface area (Å²) in [5.74, 6) is 0. The van der Waals surface area contributed by atoms with Crippen LogP contribution in [0.2, 0.25) is 5.02 Å². The minimum atomic E-state index is -0.384. The maximum absolute atomic E-state index is 10.7. The minimum Gasteiger partial charge on any atom is -0.384 e. The van der Waals surface area contributed by atoms with Gasteiger partial charge in [0.05, 0.1) is 4.92 Å². The van der Waals surface area contributed by atoms with Gasteiger partial charge in [0.25, 0.3) is 5.69 Å². The van der Waals surface area contributed by atoms with Crippen molar-refractivity contribution in [2.45, 2.75) is 13.3 Å². The Morgan fingerprint density at radius 3 is 2.50 bits per heavy atom. The average Bonchev–Trinajstić information content (AvgIpc) is 2.42. The second-order valence-corrected chi connectivity index (χ2v) is 5.00. The summed E-state index contributed by atoms with van der Waals surface area (Å²) in [5, 5.41) is 14.7. The molecule has 0 heterocycles. The Hall–Kier alpha value is -2.07. The van der Waals surface area contributed by atoms with Gasteiger partial charge in [-0.1, -0.05) is 23.7 Å². The van der Waals surface area contributed by atoms with Crippen molar-refractivity contribution in [1.82, 2.24) is 0 Å². The molecule has 2 aromatic carbocycles. The van der Waals surface area contributed by atoms with E-state index < -0.39 is 0 Å². The fourth-order valence-corrected chi connectivity index (χ4v) is 2.08. The van der Waals surface area contributed by atoms with Gasteiger partial charge in [0.2, 0.25) is 0 Å². The van der Waals surface area contributed by atoms with E-state index in [2.05, 4.69) is 5.32 Å². The number of aryl methyl sites for hydroxylation is 1. The summed E-state index contributed by atoms with van der Waals surface area (Å²) in [6.07, 6.45) is 0.869. The summed E-state index contributed by atoms with van der Waals surface area (Å²) in [5.41, 5.74) is 3.10. The second kappa shape index (κ2) is 6.39. The zero-order valence-corrected chi connectivity index (χ0v) is 11.9. The van der Waals surface area contributed by atoms with E-state index in [0.717, 1.165) is 29.2 Å². The van der Waals surface area contributed by atoms with Crippen LogP contribution in [0.25, 0.3) is 0 Å². The third-order valence-corrected chi connectivity index (χ3v) is 3.32. The Kier molecular flexibility index (Phi) is 4.58. The molecule has 0 bridgehead atoms. The topological polar surface area (TPSA) is 55.2 Å². The van der Waals surface area contributed by atoms with E-state index in [9.17, 15) is 10.1 Å². The van der Waals surface area contributed by atoms with E-state index in [0.29, 0.717) is 0 Å². The van der Waals surface area contributed by atoms with E-state index in [4.69, 9.17) is 11.6 Å². The molecular formula is C15H15ClN2O2. The second-order valence-electron chi connectivity index (χ2n) is 4.56. The van der Waals surface area contributed by atoms with E-state index in [-0.39, 0.29) is 10.6 Å². The van der Waals surface area contributed by atoms with Gasteiger partial charge in [-0.3, -0.25) is 10.1 Å². The molecule has 4 nitrogen and oxygen atoms in total. The van der Waals surface area contributed by atoms with Crippen molar-refractivity contribution in [2.75, 3.05) is 11.9 Å². The number of nitrogens with one attached hydrogen (secondary N) is 1. The maximum atomic E-state index is 10.7. The molecule has 0 saturated carbocycles. The summed E-state index contributed by atoms with van der Waals surface area (Å²) < 4.78 is 0. The number of rotatable bonds is 5. The lowest BCUT2D eigenvalue weighted by Crippen LogP contribution is -2.06. The first-order valence-corrected chi connectivity index (χ1v) is 6.67. The number of hydrogen-bond donors (Lipinski definition) is 1. The van der Waals surface area contributed by atoms with Gasteiger partial charge in [-0.25, -0.2) is 0 Å². The molecule has 5 heteroatoms. The number of benzene rings is 2. The Balaban J connectivity index is 1.94. The van der Waals surface area contributed by atoms with Crippen molar-refractivity contribution in [1.29, 1.82) is 0 Å². The van der Waals surface area contributed by atoms with Gasteiger partial charge in [0, 0.05) is 29.4 Å². The molecule has 0 radical (unpaired) electrons. The van der Waals surface area contributed by atoms with Gasteiger partial charge in [-0.05, 0) is 42.7 Å². The van der Waals surface area contributed by atoms with E-state index >= 15 is 0 Å². The largest absolute Gasteiger partial charge is 0.384 e. The monoisotopic (exact) mass is 290 g/mol. The summed E-state index contributed by atoms with van der Waals surface area (Å²) in [4.78, 5) is 10.3. The van der Waals surface area contributed by atoms with Crippen LogP contribution in [0.5, 0.6) is 0 Å². The molecule has 0 unspecified atom stereocenters. The molecule has 0 aliphatic heterocycles. The number of hydrogen-bond acceptors (Lipinski definition) is 3. The van der Waals surface area contributed by atoms with Crippen LogP contribution in [0.15, 0.2) is 42.5 Å². The van der Waals surface area contributed by atoms with Crippen LogP contribution < -0.4 is 5.32 Å². The fraction of sp³-hybridized carbons (Fsp3) is 0.200. The van der Waals surface area contributed by atoms with Gasteiger partial charge in [0.1, 0.15) is 0 Å². The van der Waals surface area contributed by atoms with Gasteiger partial charge >= 0.3 is 0 Å².